The molecule has 0 radical (unpaired) electrons. The first-order valence-electron chi connectivity index (χ1n) is 10.4. The molecule has 0 atom stereocenters. The number of carbonyl (C=O) groups excluding carboxylic acids is 1. The molecule has 32 heavy (non-hydrogen) atoms. The molecule has 166 valence electrons. The Morgan fingerprint density at radius 1 is 0.969 bits per heavy atom. The number of hydrogen-bond donors (Lipinski definition) is 2. The maximum absolute atomic E-state index is 12.6. The van der Waals surface area contributed by atoms with Gasteiger partial charge in [0.25, 0.3) is 5.91 Å². The van der Waals surface area contributed by atoms with Gasteiger partial charge in [-0.1, -0.05) is 12.1 Å². The summed E-state index contributed by atoms with van der Waals surface area (Å²) in [4.78, 5) is 14.4. The number of benzene rings is 2. The molecule has 2 N–H and O–H groups in total. The Morgan fingerprint density at radius 2 is 1.72 bits per heavy atom. The molecule has 1 fully saturated rings. The molecular weight excluding hydrogens is 448 g/mol. The van der Waals surface area contributed by atoms with Crippen LogP contribution in [0.15, 0.2) is 59.5 Å². The van der Waals surface area contributed by atoms with Crippen molar-refractivity contribution in [3.8, 4) is 21.9 Å². The number of fused-ring (bicyclic) bond motifs is 1. The summed E-state index contributed by atoms with van der Waals surface area (Å²) < 4.78 is 38.3. The minimum Gasteiger partial charge on any atom is -0.486 e. The van der Waals surface area contributed by atoms with Crippen LogP contribution in [0.1, 0.15) is 28.1 Å². The molecule has 1 aromatic heterocycles. The first-order chi connectivity index (χ1) is 15.5. The summed E-state index contributed by atoms with van der Waals surface area (Å²) in [6.45, 7) is 1.39. The average Bonchev–Trinajstić information content (AvgIpc) is 3.47. The van der Waals surface area contributed by atoms with Crippen molar-refractivity contribution in [2.45, 2.75) is 30.3 Å². The summed E-state index contributed by atoms with van der Waals surface area (Å²) in [5, 5.41) is 2.89. The molecule has 0 saturated heterocycles. The van der Waals surface area contributed by atoms with Gasteiger partial charge in [-0.3, -0.25) is 4.79 Å². The molecule has 0 bridgehead atoms. The molecule has 2 aliphatic rings. The van der Waals surface area contributed by atoms with Crippen molar-refractivity contribution in [1.82, 2.24) is 10.0 Å². The van der Waals surface area contributed by atoms with Gasteiger partial charge in [0.05, 0.1) is 9.77 Å². The number of nitrogens with one attached hydrogen (secondary N) is 2. The van der Waals surface area contributed by atoms with Gasteiger partial charge in [0.1, 0.15) is 13.2 Å². The molecule has 5 rings (SSSR count). The van der Waals surface area contributed by atoms with E-state index in [1.165, 1.54) is 11.3 Å². The van der Waals surface area contributed by atoms with Crippen molar-refractivity contribution in [2.75, 3.05) is 13.2 Å². The van der Waals surface area contributed by atoms with Crippen LogP contribution in [0.5, 0.6) is 11.5 Å². The van der Waals surface area contributed by atoms with Crippen molar-refractivity contribution < 1.29 is 22.7 Å². The Morgan fingerprint density at radius 3 is 2.47 bits per heavy atom. The van der Waals surface area contributed by atoms with Crippen LogP contribution < -0.4 is 19.5 Å². The highest BCUT2D eigenvalue weighted by Crippen LogP contribution is 2.36. The first kappa shape index (κ1) is 21.0. The second kappa shape index (κ2) is 8.57. The molecule has 3 aromatic rings. The fourth-order valence-electron chi connectivity index (χ4n) is 3.36. The molecule has 2 heterocycles. The normalized spacial score (nSPS) is 15.4. The van der Waals surface area contributed by atoms with Gasteiger partial charge in [0.2, 0.25) is 10.0 Å². The van der Waals surface area contributed by atoms with Crippen LogP contribution in [0.2, 0.25) is 0 Å². The smallest absolute Gasteiger partial charge is 0.261 e. The van der Waals surface area contributed by atoms with Crippen LogP contribution in [-0.2, 0) is 16.6 Å². The lowest BCUT2D eigenvalue weighted by Crippen LogP contribution is -2.25. The minimum atomic E-state index is -3.47. The van der Waals surface area contributed by atoms with Gasteiger partial charge in [-0.15, -0.1) is 11.3 Å². The number of carbonyl (C=O) groups is 1. The second-order valence-electron chi connectivity index (χ2n) is 7.74. The van der Waals surface area contributed by atoms with Gasteiger partial charge in [-0.2, -0.15) is 0 Å². The van der Waals surface area contributed by atoms with Crippen molar-refractivity contribution in [2.24, 2.45) is 0 Å². The monoisotopic (exact) mass is 470 g/mol. The van der Waals surface area contributed by atoms with Gasteiger partial charge >= 0.3 is 0 Å². The topological polar surface area (TPSA) is 93.7 Å². The van der Waals surface area contributed by atoms with E-state index in [1.807, 2.05) is 24.3 Å². The van der Waals surface area contributed by atoms with Crippen LogP contribution in [-0.4, -0.2) is 33.6 Å². The number of amides is 1. The second-order valence-corrected chi connectivity index (χ2v) is 10.5. The lowest BCUT2D eigenvalue weighted by Gasteiger charge is -2.18. The zero-order valence-electron chi connectivity index (χ0n) is 17.2. The molecule has 1 saturated carbocycles. The quantitative estimate of drug-likeness (QED) is 0.551. The third kappa shape index (κ3) is 4.64. The highest BCUT2D eigenvalue weighted by atomic mass is 32.2. The Hall–Kier alpha value is -2.88. The fraction of sp³-hybridized carbons (Fsp3) is 0.261. The largest absolute Gasteiger partial charge is 0.486 e. The van der Waals surface area contributed by atoms with Crippen molar-refractivity contribution >= 4 is 27.3 Å². The molecule has 0 spiro atoms. The van der Waals surface area contributed by atoms with Gasteiger partial charge in [-0.25, -0.2) is 13.1 Å². The van der Waals surface area contributed by atoms with E-state index in [0.29, 0.717) is 30.4 Å². The van der Waals surface area contributed by atoms with Crippen LogP contribution >= 0.6 is 11.3 Å². The third-order valence-electron chi connectivity index (χ3n) is 5.24. The molecule has 7 nitrogen and oxygen atoms in total. The lowest BCUT2D eigenvalue weighted by atomic mass is 10.1. The number of thiophene rings is 1. The lowest BCUT2D eigenvalue weighted by molar-refractivity contribution is 0.0955. The molecule has 0 unspecified atom stereocenters. The zero-order valence-corrected chi connectivity index (χ0v) is 18.8. The number of ether oxygens (including phenoxy) is 2. The van der Waals surface area contributed by atoms with Gasteiger partial charge in [0, 0.05) is 17.5 Å². The van der Waals surface area contributed by atoms with Crippen LogP contribution in [0.3, 0.4) is 0 Å². The zero-order chi connectivity index (χ0) is 22.1. The molecule has 1 aliphatic carbocycles. The van der Waals surface area contributed by atoms with Crippen LogP contribution in [0.4, 0.5) is 0 Å². The molecule has 1 aliphatic heterocycles. The Balaban J connectivity index is 1.21. The van der Waals surface area contributed by atoms with E-state index in [9.17, 15) is 13.2 Å². The van der Waals surface area contributed by atoms with E-state index >= 15 is 0 Å². The SMILES string of the molecule is O=C(NCc1ccc(S(=O)(=O)NC2CC2)cc1)c1ccc(-c2ccc3c(c2)OCCO3)s1. The standard InChI is InChI=1S/C23H22N2O5S2/c26-23(24-14-15-1-6-18(7-2-15)32(27,28)25-17-4-5-17)22-10-9-21(31-22)16-3-8-19-20(13-16)30-12-11-29-19/h1-3,6-10,13,17,25H,4-5,11-12,14H2,(H,24,26). The van der Waals surface area contributed by atoms with E-state index < -0.39 is 10.0 Å². The molecule has 1 amide bonds. The summed E-state index contributed by atoms with van der Waals surface area (Å²) in [5.74, 6) is 1.27. The molecular formula is C23H22N2O5S2. The van der Waals surface area contributed by atoms with E-state index in [2.05, 4.69) is 10.0 Å². The van der Waals surface area contributed by atoms with E-state index in [1.54, 1.807) is 30.3 Å². The summed E-state index contributed by atoms with van der Waals surface area (Å²) in [6, 6.07) is 16.1. The third-order valence-corrected chi connectivity index (χ3v) is 7.91. The van der Waals surface area contributed by atoms with E-state index in [-0.39, 0.29) is 16.8 Å². The van der Waals surface area contributed by atoms with Crippen molar-refractivity contribution in [1.29, 1.82) is 0 Å². The number of sulfonamides is 1. The predicted octanol–water partition coefficient (Wildman–Crippen LogP) is 3.56. The first-order valence-corrected chi connectivity index (χ1v) is 12.7. The van der Waals surface area contributed by atoms with E-state index in [4.69, 9.17) is 9.47 Å². The number of hydrogen-bond acceptors (Lipinski definition) is 6. The molecule has 9 heteroatoms. The highest BCUT2D eigenvalue weighted by molar-refractivity contribution is 7.89. The van der Waals surface area contributed by atoms with Gasteiger partial charge in [0.15, 0.2) is 11.5 Å². The minimum absolute atomic E-state index is 0.0665. The summed E-state index contributed by atoms with van der Waals surface area (Å²) in [7, 11) is -3.47. The Bertz CT molecular complexity index is 1250. The summed E-state index contributed by atoms with van der Waals surface area (Å²) in [6.07, 6.45) is 1.78. The number of rotatable bonds is 7. The Kier molecular flexibility index (Phi) is 5.62. The van der Waals surface area contributed by atoms with E-state index in [0.717, 1.165) is 34.6 Å². The van der Waals surface area contributed by atoms with Gasteiger partial charge < -0.3 is 14.8 Å². The average molecular weight is 471 g/mol. The fourth-order valence-corrected chi connectivity index (χ4v) is 5.58. The summed E-state index contributed by atoms with van der Waals surface area (Å²) >= 11 is 1.40. The maximum Gasteiger partial charge on any atom is 0.261 e. The highest BCUT2D eigenvalue weighted by Gasteiger charge is 2.27. The summed E-state index contributed by atoms with van der Waals surface area (Å²) in [5.41, 5.74) is 1.79. The Labute approximate surface area is 190 Å². The van der Waals surface area contributed by atoms with Crippen molar-refractivity contribution in [3.05, 3.63) is 65.0 Å². The molecule has 2 aromatic carbocycles. The maximum atomic E-state index is 12.6. The van der Waals surface area contributed by atoms with Crippen molar-refractivity contribution in [3.63, 3.8) is 0 Å². The van der Waals surface area contributed by atoms with Crippen LogP contribution in [0.25, 0.3) is 10.4 Å². The van der Waals surface area contributed by atoms with Gasteiger partial charge in [-0.05, 0) is 66.4 Å². The van der Waals surface area contributed by atoms with Crippen LogP contribution in [0, 0.1) is 0 Å². The predicted molar refractivity (Wildman–Crippen MR) is 122 cm³/mol.